The Morgan fingerprint density at radius 2 is 1.92 bits per heavy atom. The topological polar surface area (TPSA) is 87.5 Å². The summed E-state index contributed by atoms with van der Waals surface area (Å²) in [5.74, 6) is 0.725. The Hall–Kier alpha value is -1.86. The van der Waals surface area contributed by atoms with Crippen LogP contribution < -0.4 is 15.5 Å². The normalized spacial score (nSPS) is 19.6. The van der Waals surface area contributed by atoms with Gasteiger partial charge in [-0.3, -0.25) is 14.9 Å². The van der Waals surface area contributed by atoms with E-state index in [0.717, 1.165) is 32.5 Å². The van der Waals surface area contributed by atoms with Crippen LogP contribution in [0.5, 0.6) is 0 Å². The third kappa shape index (κ3) is 5.85. The summed E-state index contributed by atoms with van der Waals surface area (Å²) in [6, 6.07) is 4.79. The molecule has 0 radical (unpaired) electrons. The summed E-state index contributed by atoms with van der Waals surface area (Å²) in [5, 5.41) is 17.3. The molecule has 0 spiro atoms. The molecule has 2 atom stereocenters. The molecular weight excluding hydrogens is 356 g/mol. The maximum atomic E-state index is 12.2. The van der Waals surface area contributed by atoms with E-state index in [1.807, 2.05) is 7.05 Å². The fraction of sp³-hybridized carbons (Fsp3) is 0.611. The van der Waals surface area contributed by atoms with Crippen molar-refractivity contribution in [1.82, 2.24) is 10.6 Å². The lowest BCUT2D eigenvalue weighted by atomic mass is 9.91. The second-order valence-corrected chi connectivity index (χ2v) is 7.02. The van der Waals surface area contributed by atoms with E-state index in [1.165, 1.54) is 6.07 Å². The van der Waals surface area contributed by atoms with E-state index >= 15 is 0 Å². The Balaban J connectivity index is 0.00000338. The van der Waals surface area contributed by atoms with Gasteiger partial charge < -0.3 is 15.5 Å². The molecule has 0 bridgehead atoms. The molecule has 0 aromatic heterocycles. The molecule has 2 rings (SSSR count). The van der Waals surface area contributed by atoms with Gasteiger partial charge in [0.1, 0.15) is 5.69 Å². The van der Waals surface area contributed by atoms with Gasteiger partial charge in [0.2, 0.25) is 0 Å². The number of hydrogen-bond acceptors (Lipinski definition) is 5. The van der Waals surface area contributed by atoms with Gasteiger partial charge >= 0.3 is 0 Å². The van der Waals surface area contributed by atoms with Crippen molar-refractivity contribution in [2.24, 2.45) is 11.8 Å². The Morgan fingerprint density at radius 1 is 1.27 bits per heavy atom. The maximum Gasteiger partial charge on any atom is 0.293 e. The highest BCUT2D eigenvalue weighted by atomic mass is 35.5. The molecule has 1 heterocycles. The standard InChI is InChI=1S/C18H28N4O3.ClH/c1-13-9-14(2)12-21(11-13)16-6-5-15(10-17(16)22(24)25)18(23)20-8-4-7-19-3;/h5-6,10,13-14,19H,4,7-9,11-12H2,1-3H3,(H,20,23);1H. The minimum absolute atomic E-state index is 0. The van der Waals surface area contributed by atoms with Crippen LogP contribution in [0.1, 0.15) is 37.0 Å². The molecule has 8 heteroatoms. The number of benzene rings is 1. The van der Waals surface area contributed by atoms with Gasteiger partial charge in [0.05, 0.1) is 4.92 Å². The minimum Gasteiger partial charge on any atom is -0.365 e. The summed E-state index contributed by atoms with van der Waals surface area (Å²) in [7, 11) is 1.85. The highest BCUT2D eigenvalue weighted by Gasteiger charge is 2.27. The minimum atomic E-state index is -0.392. The highest BCUT2D eigenvalue weighted by Crippen LogP contribution is 2.33. The lowest BCUT2D eigenvalue weighted by Gasteiger charge is -2.36. The van der Waals surface area contributed by atoms with Crippen LogP contribution in [0.4, 0.5) is 11.4 Å². The Labute approximate surface area is 161 Å². The average Bonchev–Trinajstić information content (AvgIpc) is 2.57. The third-order valence-corrected chi connectivity index (χ3v) is 4.53. The van der Waals surface area contributed by atoms with Crippen LogP contribution in [0.25, 0.3) is 0 Å². The number of hydrogen-bond donors (Lipinski definition) is 2. The van der Waals surface area contributed by atoms with E-state index in [4.69, 9.17) is 0 Å². The molecule has 1 saturated heterocycles. The van der Waals surface area contributed by atoms with Crippen molar-refractivity contribution in [2.75, 3.05) is 38.1 Å². The van der Waals surface area contributed by atoms with Gasteiger partial charge in [0.25, 0.3) is 11.6 Å². The van der Waals surface area contributed by atoms with Gasteiger partial charge in [-0.05, 0) is 50.4 Å². The smallest absolute Gasteiger partial charge is 0.293 e. The van der Waals surface area contributed by atoms with Gasteiger partial charge in [-0.2, -0.15) is 0 Å². The van der Waals surface area contributed by atoms with E-state index < -0.39 is 4.92 Å². The molecule has 2 N–H and O–H groups in total. The largest absolute Gasteiger partial charge is 0.365 e. The molecule has 146 valence electrons. The second-order valence-electron chi connectivity index (χ2n) is 7.02. The van der Waals surface area contributed by atoms with Crippen LogP contribution in [-0.2, 0) is 0 Å². The number of rotatable bonds is 7. The van der Waals surface area contributed by atoms with Crippen molar-refractivity contribution in [1.29, 1.82) is 0 Å². The van der Waals surface area contributed by atoms with Crippen LogP contribution in [0.2, 0.25) is 0 Å². The number of carbonyl (C=O) groups is 1. The number of carbonyl (C=O) groups excluding carboxylic acids is 1. The van der Waals surface area contributed by atoms with Crippen LogP contribution >= 0.6 is 12.4 Å². The summed E-state index contributed by atoms with van der Waals surface area (Å²) in [4.78, 5) is 25.4. The van der Waals surface area contributed by atoms with E-state index in [9.17, 15) is 14.9 Å². The summed E-state index contributed by atoms with van der Waals surface area (Å²) in [6.45, 7) is 7.30. The zero-order valence-corrected chi connectivity index (χ0v) is 16.5. The Morgan fingerprint density at radius 3 is 2.50 bits per heavy atom. The summed E-state index contributed by atoms with van der Waals surface area (Å²) in [5.41, 5.74) is 0.942. The van der Waals surface area contributed by atoms with Gasteiger partial charge in [-0.25, -0.2) is 0 Å². The Bertz CT molecular complexity index is 616. The monoisotopic (exact) mass is 384 g/mol. The van der Waals surface area contributed by atoms with Crippen molar-refractivity contribution < 1.29 is 9.72 Å². The van der Waals surface area contributed by atoms with Crippen molar-refractivity contribution in [2.45, 2.75) is 26.7 Å². The Kier molecular flexibility index (Phi) is 8.81. The number of piperidine rings is 1. The zero-order valence-electron chi connectivity index (χ0n) is 15.7. The average molecular weight is 385 g/mol. The molecule has 1 fully saturated rings. The summed E-state index contributed by atoms with van der Waals surface area (Å²) >= 11 is 0. The second kappa shape index (κ2) is 10.3. The molecule has 7 nitrogen and oxygen atoms in total. The van der Waals surface area contributed by atoms with Crippen LogP contribution in [0.15, 0.2) is 18.2 Å². The third-order valence-electron chi connectivity index (χ3n) is 4.53. The fourth-order valence-electron chi connectivity index (χ4n) is 3.51. The first-order valence-electron chi connectivity index (χ1n) is 8.88. The molecule has 26 heavy (non-hydrogen) atoms. The fourth-order valence-corrected chi connectivity index (χ4v) is 3.51. The van der Waals surface area contributed by atoms with E-state index in [0.29, 0.717) is 29.6 Å². The van der Waals surface area contributed by atoms with Gasteiger partial charge in [-0.1, -0.05) is 13.8 Å². The molecule has 0 saturated carbocycles. The SMILES string of the molecule is CNCCCNC(=O)c1ccc(N2CC(C)CC(C)C2)c([N+](=O)[O-])c1.Cl. The van der Waals surface area contributed by atoms with Gasteiger partial charge in [0, 0.05) is 31.3 Å². The van der Waals surface area contributed by atoms with Crippen molar-refractivity contribution in [3.8, 4) is 0 Å². The molecule has 1 aromatic carbocycles. The molecule has 2 unspecified atom stereocenters. The first kappa shape index (κ1) is 22.2. The van der Waals surface area contributed by atoms with E-state index in [1.54, 1.807) is 12.1 Å². The molecule has 1 amide bonds. The number of halogens is 1. The van der Waals surface area contributed by atoms with Gasteiger partial charge in [-0.15, -0.1) is 12.4 Å². The zero-order chi connectivity index (χ0) is 18.4. The van der Waals surface area contributed by atoms with Crippen LogP contribution in [-0.4, -0.2) is 44.1 Å². The summed E-state index contributed by atoms with van der Waals surface area (Å²) in [6.07, 6.45) is 1.95. The van der Waals surface area contributed by atoms with E-state index in [2.05, 4.69) is 29.4 Å². The van der Waals surface area contributed by atoms with E-state index in [-0.39, 0.29) is 24.0 Å². The summed E-state index contributed by atoms with van der Waals surface area (Å²) < 4.78 is 0. The molecular formula is C18H29ClN4O3. The number of nitro groups is 1. The number of nitro benzene ring substituents is 1. The number of anilines is 1. The van der Waals surface area contributed by atoms with Gasteiger partial charge in [0.15, 0.2) is 0 Å². The first-order chi connectivity index (χ1) is 11.9. The molecule has 1 aliphatic heterocycles. The highest BCUT2D eigenvalue weighted by molar-refractivity contribution is 5.95. The molecule has 1 aromatic rings. The predicted octanol–water partition coefficient (Wildman–Crippen LogP) is 2.84. The van der Waals surface area contributed by atoms with Crippen LogP contribution in [0.3, 0.4) is 0 Å². The number of nitrogens with one attached hydrogen (secondary N) is 2. The lowest BCUT2D eigenvalue weighted by Crippen LogP contribution is -2.39. The van der Waals surface area contributed by atoms with Crippen molar-refractivity contribution in [3.05, 3.63) is 33.9 Å². The lowest BCUT2D eigenvalue weighted by molar-refractivity contribution is -0.384. The number of amides is 1. The number of nitrogens with zero attached hydrogens (tertiary/aromatic N) is 2. The first-order valence-corrected chi connectivity index (χ1v) is 8.88. The molecule has 1 aliphatic rings. The van der Waals surface area contributed by atoms with Crippen molar-refractivity contribution in [3.63, 3.8) is 0 Å². The van der Waals surface area contributed by atoms with Crippen LogP contribution in [0, 0.1) is 22.0 Å². The predicted molar refractivity (Wildman–Crippen MR) is 106 cm³/mol. The van der Waals surface area contributed by atoms with Crippen molar-refractivity contribution >= 4 is 29.7 Å². The molecule has 0 aliphatic carbocycles. The quantitative estimate of drug-likeness (QED) is 0.428. The maximum absolute atomic E-state index is 12.2.